The highest BCUT2D eigenvalue weighted by molar-refractivity contribution is 7.17. The summed E-state index contributed by atoms with van der Waals surface area (Å²) < 4.78 is 1.29. The summed E-state index contributed by atoms with van der Waals surface area (Å²) in [6.07, 6.45) is 0.543. The lowest BCUT2D eigenvalue weighted by molar-refractivity contribution is 0.189. The van der Waals surface area contributed by atoms with E-state index in [1.807, 2.05) is 6.92 Å². The molecule has 0 fully saturated rings. The van der Waals surface area contributed by atoms with Crippen LogP contribution in [0.3, 0.4) is 0 Å². The van der Waals surface area contributed by atoms with Gasteiger partial charge in [0.1, 0.15) is 0 Å². The van der Waals surface area contributed by atoms with Crippen molar-refractivity contribution >= 4 is 27.1 Å². The van der Waals surface area contributed by atoms with Crippen molar-refractivity contribution in [3.8, 4) is 0 Å². The molecule has 15 heavy (non-hydrogen) atoms. The monoisotopic (exact) mass is 221 g/mol. The first kappa shape index (κ1) is 10.5. The van der Waals surface area contributed by atoms with Crippen LogP contribution in [-0.2, 0) is 0 Å². The van der Waals surface area contributed by atoms with Crippen molar-refractivity contribution in [2.45, 2.75) is 19.4 Å². The fourth-order valence-corrected chi connectivity index (χ4v) is 2.44. The smallest absolute Gasteiger partial charge is 0.0574 e. The second kappa shape index (κ2) is 4.64. The average Bonchev–Trinajstić information content (AvgIpc) is 2.65. The van der Waals surface area contributed by atoms with Crippen LogP contribution < -0.4 is 5.32 Å². The molecule has 0 bridgehead atoms. The van der Waals surface area contributed by atoms with E-state index in [4.69, 9.17) is 5.11 Å². The molecule has 2 nitrogen and oxygen atoms in total. The Morgan fingerprint density at radius 3 is 3.07 bits per heavy atom. The number of hydrogen-bond donors (Lipinski definition) is 2. The lowest BCUT2D eigenvalue weighted by Crippen LogP contribution is -2.09. The van der Waals surface area contributed by atoms with E-state index in [0.29, 0.717) is 0 Å². The average molecular weight is 221 g/mol. The van der Waals surface area contributed by atoms with Crippen LogP contribution in [0.1, 0.15) is 13.3 Å². The molecule has 1 unspecified atom stereocenters. The molecular weight excluding hydrogens is 206 g/mol. The molecule has 1 aromatic heterocycles. The minimum atomic E-state index is -0.236. The van der Waals surface area contributed by atoms with E-state index in [1.54, 1.807) is 11.3 Å². The zero-order chi connectivity index (χ0) is 10.7. The van der Waals surface area contributed by atoms with Crippen molar-refractivity contribution in [3.05, 3.63) is 29.6 Å². The van der Waals surface area contributed by atoms with Gasteiger partial charge in [0.05, 0.1) is 16.5 Å². The molecule has 2 rings (SSSR count). The highest BCUT2D eigenvalue weighted by atomic mass is 32.1. The van der Waals surface area contributed by atoms with Crippen LogP contribution in [-0.4, -0.2) is 17.8 Å². The van der Waals surface area contributed by atoms with Crippen molar-refractivity contribution in [2.75, 3.05) is 11.9 Å². The lowest BCUT2D eigenvalue weighted by Gasteiger charge is -2.08. The first-order chi connectivity index (χ1) is 7.27. The summed E-state index contributed by atoms with van der Waals surface area (Å²) in [6.45, 7) is 2.63. The molecule has 0 amide bonds. The number of thiophene rings is 1. The summed E-state index contributed by atoms with van der Waals surface area (Å²) in [5.41, 5.74) is 1.17. The standard InChI is InChI=1S/C12H15NOS/c1-9(14)5-7-13-11-4-2-3-10-6-8-15-12(10)11/h2-4,6,8-9,13-14H,5,7H2,1H3. The van der Waals surface area contributed by atoms with Gasteiger partial charge in [0.25, 0.3) is 0 Å². The van der Waals surface area contributed by atoms with E-state index in [1.165, 1.54) is 15.8 Å². The Morgan fingerprint density at radius 1 is 1.40 bits per heavy atom. The maximum absolute atomic E-state index is 9.17. The summed E-state index contributed by atoms with van der Waals surface area (Å²) in [7, 11) is 0. The Labute approximate surface area is 93.6 Å². The van der Waals surface area contributed by atoms with Gasteiger partial charge in [-0.3, -0.25) is 0 Å². The fourth-order valence-electron chi connectivity index (χ4n) is 1.55. The van der Waals surface area contributed by atoms with Gasteiger partial charge < -0.3 is 10.4 Å². The Morgan fingerprint density at radius 2 is 2.27 bits per heavy atom. The Hall–Kier alpha value is -1.06. The first-order valence-electron chi connectivity index (χ1n) is 5.15. The van der Waals surface area contributed by atoms with E-state index in [-0.39, 0.29) is 6.10 Å². The third kappa shape index (κ3) is 2.49. The Kier molecular flexibility index (Phi) is 3.23. The van der Waals surface area contributed by atoms with Gasteiger partial charge in [0.15, 0.2) is 0 Å². The normalized spacial score (nSPS) is 12.9. The molecule has 2 N–H and O–H groups in total. The van der Waals surface area contributed by atoms with E-state index < -0.39 is 0 Å². The van der Waals surface area contributed by atoms with Gasteiger partial charge in [0.2, 0.25) is 0 Å². The summed E-state index contributed by atoms with van der Waals surface area (Å²) in [5, 5.41) is 15.9. The van der Waals surface area contributed by atoms with Gasteiger partial charge in [0, 0.05) is 6.54 Å². The molecule has 80 valence electrons. The molecule has 1 heterocycles. The van der Waals surface area contributed by atoms with Crippen molar-refractivity contribution in [3.63, 3.8) is 0 Å². The molecule has 1 atom stereocenters. The SMILES string of the molecule is CC(O)CCNc1cccc2ccsc12. The number of hydrogen-bond acceptors (Lipinski definition) is 3. The molecule has 2 aromatic rings. The van der Waals surface area contributed by atoms with E-state index in [9.17, 15) is 0 Å². The summed E-state index contributed by atoms with van der Waals surface area (Å²) in [4.78, 5) is 0. The summed E-state index contributed by atoms with van der Waals surface area (Å²) in [5.74, 6) is 0. The number of anilines is 1. The minimum Gasteiger partial charge on any atom is -0.393 e. The molecule has 1 aromatic carbocycles. The second-order valence-corrected chi connectivity index (χ2v) is 4.63. The highest BCUT2D eigenvalue weighted by Crippen LogP contribution is 2.28. The first-order valence-corrected chi connectivity index (χ1v) is 6.03. The molecule has 0 spiro atoms. The van der Waals surface area contributed by atoms with Crippen molar-refractivity contribution < 1.29 is 5.11 Å². The third-order valence-corrected chi connectivity index (χ3v) is 3.32. The van der Waals surface area contributed by atoms with Crippen LogP contribution in [0, 0.1) is 0 Å². The maximum Gasteiger partial charge on any atom is 0.0574 e. The van der Waals surface area contributed by atoms with Crippen LogP contribution in [0.2, 0.25) is 0 Å². The van der Waals surface area contributed by atoms with Crippen molar-refractivity contribution in [2.24, 2.45) is 0 Å². The van der Waals surface area contributed by atoms with Crippen LogP contribution in [0.5, 0.6) is 0 Å². The molecule has 0 aliphatic heterocycles. The zero-order valence-corrected chi connectivity index (χ0v) is 9.55. The summed E-state index contributed by atoms with van der Waals surface area (Å²) in [6, 6.07) is 8.38. The number of aliphatic hydroxyl groups excluding tert-OH is 1. The van der Waals surface area contributed by atoms with Crippen molar-refractivity contribution in [1.29, 1.82) is 0 Å². The molecule has 0 radical (unpaired) electrons. The number of nitrogens with one attached hydrogen (secondary N) is 1. The maximum atomic E-state index is 9.17. The van der Waals surface area contributed by atoms with Crippen LogP contribution >= 0.6 is 11.3 Å². The van der Waals surface area contributed by atoms with Crippen LogP contribution in [0.4, 0.5) is 5.69 Å². The van der Waals surface area contributed by atoms with Gasteiger partial charge in [-0.15, -0.1) is 11.3 Å². The molecule has 0 aliphatic carbocycles. The van der Waals surface area contributed by atoms with E-state index in [0.717, 1.165) is 13.0 Å². The predicted molar refractivity (Wildman–Crippen MR) is 66.6 cm³/mol. The second-order valence-electron chi connectivity index (χ2n) is 3.71. The molecule has 0 saturated carbocycles. The van der Waals surface area contributed by atoms with E-state index in [2.05, 4.69) is 35.0 Å². The zero-order valence-electron chi connectivity index (χ0n) is 8.73. The van der Waals surface area contributed by atoms with Gasteiger partial charge >= 0.3 is 0 Å². The highest BCUT2D eigenvalue weighted by Gasteiger charge is 2.01. The molecule has 0 saturated heterocycles. The summed E-state index contributed by atoms with van der Waals surface area (Å²) >= 11 is 1.75. The van der Waals surface area contributed by atoms with Gasteiger partial charge in [-0.1, -0.05) is 12.1 Å². The molecular formula is C12H15NOS. The quantitative estimate of drug-likeness (QED) is 0.831. The Balaban J connectivity index is 2.10. The lowest BCUT2D eigenvalue weighted by atomic mass is 10.2. The van der Waals surface area contributed by atoms with Gasteiger partial charge in [-0.2, -0.15) is 0 Å². The van der Waals surface area contributed by atoms with Crippen molar-refractivity contribution in [1.82, 2.24) is 0 Å². The van der Waals surface area contributed by atoms with Crippen LogP contribution in [0.25, 0.3) is 10.1 Å². The van der Waals surface area contributed by atoms with Gasteiger partial charge in [-0.25, -0.2) is 0 Å². The predicted octanol–water partition coefficient (Wildman–Crippen LogP) is 3.08. The molecule has 0 aliphatic rings. The largest absolute Gasteiger partial charge is 0.393 e. The number of aliphatic hydroxyl groups is 1. The fraction of sp³-hybridized carbons (Fsp3) is 0.333. The minimum absolute atomic E-state index is 0.236. The molecule has 3 heteroatoms. The number of benzene rings is 1. The third-order valence-electron chi connectivity index (χ3n) is 2.36. The topological polar surface area (TPSA) is 32.3 Å². The van der Waals surface area contributed by atoms with Crippen LogP contribution in [0.15, 0.2) is 29.6 Å². The van der Waals surface area contributed by atoms with Gasteiger partial charge in [-0.05, 0) is 36.2 Å². The number of fused-ring (bicyclic) bond motifs is 1. The number of rotatable bonds is 4. The van der Waals surface area contributed by atoms with E-state index >= 15 is 0 Å². The Bertz CT molecular complexity index is 436.